The maximum atomic E-state index is 13.3. The number of nitrogens with zero attached hydrogens (tertiary/aromatic N) is 1. The Morgan fingerprint density at radius 2 is 1.50 bits per heavy atom. The molecule has 3 aromatic carbocycles. The van der Waals surface area contributed by atoms with Crippen LogP contribution in [-0.4, -0.2) is 31.6 Å². The van der Waals surface area contributed by atoms with E-state index < -0.39 is 15.9 Å². The minimum absolute atomic E-state index is 0.00464. The van der Waals surface area contributed by atoms with Gasteiger partial charge in [0.2, 0.25) is 0 Å². The third-order valence-electron chi connectivity index (χ3n) is 6.25. The van der Waals surface area contributed by atoms with Crippen molar-refractivity contribution in [1.29, 1.82) is 0 Å². The van der Waals surface area contributed by atoms with Gasteiger partial charge < -0.3 is 10.1 Å². The second-order valence-corrected chi connectivity index (χ2v) is 10.7. The summed E-state index contributed by atoms with van der Waals surface area (Å²) in [6.45, 7) is 7.29. The normalized spacial score (nSPS) is 14.8. The Labute approximate surface area is 211 Å². The number of amides is 2. The summed E-state index contributed by atoms with van der Waals surface area (Å²) in [5.74, 6) is -0.235. The Morgan fingerprint density at radius 1 is 0.917 bits per heavy atom. The summed E-state index contributed by atoms with van der Waals surface area (Å²) >= 11 is 0. The fraction of sp³-hybridized carbons (Fsp3) is 0.214. The van der Waals surface area contributed by atoms with E-state index in [4.69, 9.17) is 4.74 Å². The first-order valence-corrected chi connectivity index (χ1v) is 12.9. The Hall–Kier alpha value is -3.91. The molecule has 7 nitrogen and oxygen atoms in total. The predicted molar refractivity (Wildman–Crippen MR) is 140 cm³/mol. The smallest absolute Gasteiger partial charge is 0.268 e. The quantitative estimate of drug-likeness (QED) is 0.511. The maximum absolute atomic E-state index is 13.3. The first-order chi connectivity index (χ1) is 17.0. The Balaban J connectivity index is 1.52. The zero-order valence-corrected chi connectivity index (χ0v) is 21.7. The highest BCUT2D eigenvalue weighted by Gasteiger charge is 2.42. The Morgan fingerprint density at radius 3 is 2.06 bits per heavy atom. The van der Waals surface area contributed by atoms with Crippen LogP contribution in [0.25, 0.3) is 4.91 Å². The predicted octanol–water partition coefficient (Wildman–Crippen LogP) is 4.98. The number of rotatable bonds is 6. The summed E-state index contributed by atoms with van der Waals surface area (Å²) in [6.07, 6.45) is 0. The maximum Gasteiger partial charge on any atom is 0.268 e. The second kappa shape index (κ2) is 9.62. The molecule has 36 heavy (non-hydrogen) atoms. The van der Waals surface area contributed by atoms with Gasteiger partial charge in [0, 0.05) is 16.8 Å². The van der Waals surface area contributed by atoms with Crippen molar-refractivity contribution in [1.82, 2.24) is 4.31 Å². The fourth-order valence-electron chi connectivity index (χ4n) is 4.45. The number of hydrogen-bond acceptors (Lipinski definition) is 5. The molecule has 0 fully saturated rings. The van der Waals surface area contributed by atoms with Crippen LogP contribution in [0.2, 0.25) is 0 Å². The highest BCUT2D eigenvalue weighted by atomic mass is 32.2. The van der Waals surface area contributed by atoms with E-state index in [2.05, 4.69) is 5.32 Å². The van der Waals surface area contributed by atoms with Gasteiger partial charge in [-0.15, -0.1) is 0 Å². The molecule has 0 saturated heterocycles. The van der Waals surface area contributed by atoms with Crippen LogP contribution in [0.1, 0.15) is 45.1 Å². The van der Waals surface area contributed by atoms with Crippen LogP contribution in [0.5, 0.6) is 5.75 Å². The van der Waals surface area contributed by atoms with Crippen molar-refractivity contribution in [3.8, 4) is 5.75 Å². The van der Waals surface area contributed by atoms with Gasteiger partial charge in [-0.1, -0.05) is 29.8 Å². The average Bonchev–Trinajstić information content (AvgIpc) is 3.00. The summed E-state index contributed by atoms with van der Waals surface area (Å²) in [7, 11) is -2.51. The van der Waals surface area contributed by atoms with Gasteiger partial charge in [0.05, 0.1) is 13.7 Å². The van der Waals surface area contributed by atoms with Crippen molar-refractivity contribution < 1.29 is 22.7 Å². The number of hydrogen-bond donors (Lipinski definition) is 1. The van der Waals surface area contributed by atoms with Gasteiger partial charge in [0.25, 0.3) is 21.8 Å². The molecular formula is C28H28N2O5S. The lowest BCUT2D eigenvalue weighted by molar-refractivity contribution is -0.122. The lowest BCUT2D eigenvalue weighted by Crippen LogP contribution is -2.30. The van der Waals surface area contributed by atoms with Crippen LogP contribution in [0.3, 0.4) is 0 Å². The minimum atomic E-state index is -4.03. The van der Waals surface area contributed by atoms with Crippen molar-refractivity contribution in [2.24, 2.45) is 0 Å². The Bertz CT molecular complexity index is 1460. The molecule has 0 spiro atoms. The third kappa shape index (κ3) is 4.64. The van der Waals surface area contributed by atoms with E-state index in [0.29, 0.717) is 22.4 Å². The summed E-state index contributed by atoms with van der Waals surface area (Å²) in [5.41, 5.74) is 5.47. The molecule has 0 bridgehead atoms. The lowest BCUT2D eigenvalue weighted by atomic mass is 10.0. The number of anilines is 1. The Kier molecular flexibility index (Phi) is 6.73. The number of aryl methyl sites for hydroxylation is 3. The van der Waals surface area contributed by atoms with E-state index in [9.17, 15) is 18.0 Å². The van der Waals surface area contributed by atoms with Gasteiger partial charge in [0.15, 0.2) is 0 Å². The average molecular weight is 505 g/mol. The molecule has 1 heterocycles. The molecular weight excluding hydrogens is 476 g/mol. The third-order valence-corrected chi connectivity index (χ3v) is 8.18. The zero-order valence-electron chi connectivity index (χ0n) is 20.9. The van der Waals surface area contributed by atoms with Crippen LogP contribution in [-0.2, 0) is 21.4 Å². The monoisotopic (exact) mass is 504 g/mol. The van der Waals surface area contributed by atoms with Gasteiger partial charge in [-0.25, -0.2) is 12.7 Å². The van der Waals surface area contributed by atoms with Crippen molar-refractivity contribution in [3.63, 3.8) is 0 Å². The molecule has 8 heteroatoms. The number of carbonyl (C=O) groups excluding carboxylic acids is 2. The van der Waals surface area contributed by atoms with Crippen LogP contribution >= 0.6 is 0 Å². The van der Waals surface area contributed by atoms with Gasteiger partial charge in [-0.05, 0) is 86.3 Å². The van der Waals surface area contributed by atoms with E-state index in [1.165, 1.54) is 14.0 Å². The van der Waals surface area contributed by atoms with Crippen LogP contribution in [0.15, 0.2) is 66.2 Å². The van der Waals surface area contributed by atoms with Crippen molar-refractivity contribution in [2.75, 3.05) is 12.4 Å². The lowest BCUT2D eigenvalue weighted by Gasteiger charge is -2.17. The van der Waals surface area contributed by atoms with Crippen LogP contribution in [0, 0.1) is 20.8 Å². The molecule has 1 aliphatic heterocycles. The van der Waals surface area contributed by atoms with Gasteiger partial charge in [-0.2, -0.15) is 0 Å². The molecule has 186 valence electrons. The van der Waals surface area contributed by atoms with Crippen molar-refractivity contribution in [3.05, 3.63) is 99.6 Å². The van der Waals surface area contributed by atoms with E-state index in [-0.39, 0.29) is 22.9 Å². The number of ether oxygens (including phenoxy) is 1. The molecule has 0 aliphatic carbocycles. The number of methoxy groups -OCH3 is 1. The van der Waals surface area contributed by atoms with E-state index in [0.717, 1.165) is 26.7 Å². The molecule has 2 amide bonds. The van der Waals surface area contributed by atoms with Crippen molar-refractivity contribution in [2.45, 2.75) is 34.2 Å². The van der Waals surface area contributed by atoms with E-state index in [1.54, 1.807) is 48.5 Å². The minimum Gasteiger partial charge on any atom is -0.497 e. The molecule has 0 atom stereocenters. The van der Waals surface area contributed by atoms with E-state index >= 15 is 0 Å². The zero-order chi connectivity index (χ0) is 26.2. The summed E-state index contributed by atoms with van der Waals surface area (Å²) in [5, 5.41) is 2.96. The first kappa shape index (κ1) is 25.2. The summed E-state index contributed by atoms with van der Waals surface area (Å²) in [6, 6.07) is 17.1. The molecule has 1 aliphatic rings. The molecule has 0 unspecified atom stereocenters. The summed E-state index contributed by atoms with van der Waals surface area (Å²) < 4.78 is 32.6. The number of nitrogens with one attached hydrogen (secondary N) is 1. The largest absolute Gasteiger partial charge is 0.497 e. The van der Waals surface area contributed by atoms with E-state index in [1.807, 2.05) is 32.9 Å². The fourth-order valence-corrected chi connectivity index (χ4v) is 6.25. The molecule has 0 saturated carbocycles. The highest BCUT2D eigenvalue weighted by molar-refractivity contribution is 7.99. The van der Waals surface area contributed by atoms with Crippen LogP contribution in [0.4, 0.5) is 5.69 Å². The molecule has 0 aromatic heterocycles. The summed E-state index contributed by atoms with van der Waals surface area (Å²) in [4.78, 5) is 25.7. The van der Waals surface area contributed by atoms with Gasteiger partial charge in [-0.3, -0.25) is 9.59 Å². The van der Waals surface area contributed by atoms with Gasteiger partial charge in [0.1, 0.15) is 10.7 Å². The topological polar surface area (TPSA) is 92.8 Å². The first-order valence-electron chi connectivity index (χ1n) is 11.4. The molecule has 3 aromatic rings. The van der Waals surface area contributed by atoms with Crippen molar-refractivity contribution >= 4 is 32.4 Å². The number of benzene rings is 3. The molecule has 0 radical (unpaired) electrons. The highest BCUT2D eigenvalue weighted by Crippen LogP contribution is 2.37. The number of sulfonamides is 1. The van der Waals surface area contributed by atoms with Gasteiger partial charge >= 0.3 is 0 Å². The second-order valence-electron chi connectivity index (χ2n) is 8.92. The number of carbonyl (C=O) groups is 2. The standard InChI is InChI=1S/C28H28N2O5S/c1-17-14-18(2)25(19(3)15-17)29-27(31)23-8-6-21(7-9-23)16-30-28(32)20(4)26(36(30,33)34)22-10-12-24(35-5)13-11-22/h6-15H,16H2,1-5H3,(H,29,31). The van der Waals surface area contributed by atoms with Crippen LogP contribution < -0.4 is 10.1 Å². The SMILES string of the molecule is COc1ccc(C2=C(C)C(=O)N(Cc3ccc(C(=O)Nc4c(C)cc(C)cc4C)cc3)S2(=O)=O)cc1. The molecule has 1 N–H and O–H groups in total. The molecule has 4 rings (SSSR count).